The van der Waals surface area contributed by atoms with Crippen molar-refractivity contribution in [3.63, 3.8) is 0 Å². The summed E-state index contributed by atoms with van der Waals surface area (Å²) in [5.74, 6) is 0.755. The normalized spacial score (nSPS) is 10.5. The lowest BCUT2D eigenvalue weighted by atomic mass is 10.2. The Morgan fingerprint density at radius 2 is 2.00 bits per heavy atom. The number of nitrogens with zero attached hydrogens (tertiary/aromatic N) is 3. The van der Waals surface area contributed by atoms with E-state index in [-0.39, 0.29) is 0 Å². The van der Waals surface area contributed by atoms with E-state index in [0.29, 0.717) is 0 Å². The smallest absolute Gasteiger partial charge is 0.159 e. The molecule has 4 nitrogen and oxygen atoms in total. The minimum Gasteiger partial charge on any atom is -0.313 e. The van der Waals surface area contributed by atoms with Crippen molar-refractivity contribution < 1.29 is 0 Å². The zero-order chi connectivity index (χ0) is 12.1. The fourth-order valence-electron chi connectivity index (χ4n) is 1.57. The molecule has 2 aromatic rings. The van der Waals surface area contributed by atoms with Crippen LogP contribution in [0.5, 0.6) is 0 Å². The molecule has 0 radical (unpaired) electrons. The van der Waals surface area contributed by atoms with E-state index in [4.69, 9.17) is 0 Å². The molecular weight excluding hydrogens is 212 g/mol. The average Bonchev–Trinajstić information content (AvgIpc) is 2.38. The van der Waals surface area contributed by atoms with Crippen molar-refractivity contribution in [2.24, 2.45) is 0 Å². The van der Waals surface area contributed by atoms with Crippen LogP contribution in [-0.4, -0.2) is 21.5 Å². The first-order valence-electron chi connectivity index (χ1n) is 5.75. The van der Waals surface area contributed by atoms with Gasteiger partial charge in [-0.1, -0.05) is 6.92 Å². The number of hydrogen-bond donors (Lipinski definition) is 1. The van der Waals surface area contributed by atoms with E-state index >= 15 is 0 Å². The molecule has 0 aliphatic heterocycles. The van der Waals surface area contributed by atoms with E-state index in [2.05, 4.69) is 27.2 Å². The Kier molecular flexibility index (Phi) is 3.77. The van der Waals surface area contributed by atoms with Crippen LogP contribution in [0.15, 0.2) is 30.7 Å². The molecule has 0 fully saturated rings. The van der Waals surface area contributed by atoms with E-state index in [9.17, 15) is 0 Å². The fraction of sp³-hybridized carbons (Fsp3) is 0.308. The highest BCUT2D eigenvalue weighted by atomic mass is 14.9. The van der Waals surface area contributed by atoms with E-state index in [1.165, 1.54) is 0 Å². The molecule has 1 N–H and O–H groups in total. The molecule has 0 aromatic carbocycles. The zero-order valence-corrected chi connectivity index (χ0v) is 10.1. The Morgan fingerprint density at radius 3 is 2.65 bits per heavy atom. The predicted octanol–water partition coefficient (Wildman–Crippen LogP) is 1.96. The second kappa shape index (κ2) is 5.50. The van der Waals surface area contributed by atoms with Gasteiger partial charge in [-0.3, -0.25) is 4.98 Å². The molecule has 17 heavy (non-hydrogen) atoms. The van der Waals surface area contributed by atoms with Crippen molar-refractivity contribution in [2.45, 2.75) is 20.4 Å². The Labute approximate surface area is 101 Å². The van der Waals surface area contributed by atoms with Crippen LogP contribution in [-0.2, 0) is 6.54 Å². The second-order valence-electron chi connectivity index (χ2n) is 3.82. The van der Waals surface area contributed by atoms with Gasteiger partial charge in [-0.15, -0.1) is 0 Å². The largest absolute Gasteiger partial charge is 0.313 e. The van der Waals surface area contributed by atoms with Crippen LogP contribution in [0.4, 0.5) is 0 Å². The maximum atomic E-state index is 4.52. The first-order chi connectivity index (χ1) is 8.31. The Morgan fingerprint density at radius 1 is 1.24 bits per heavy atom. The number of aromatic nitrogens is 3. The molecule has 0 spiro atoms. The third-order valence-electron chi connectivity index (χ3n) is 2.58. The van der Waals surface area contributed by atoms with Crippen molar-refractivity contribution in [3.8, 4) is 11.4 Å². The van der Waals surface area contributed by atoms with Crippen molar-refractivity contribution >= 4 is 0 Å². The van der Waals surface area contributed by atoms with E-state index in [0.717, 1.165) is 35.7 Å². The molecule has 0 saturated heterocycles. The van der Waals surface area contributed by atoms with Crippen LogP contribution in [0.3, 0.4) is 0 Å². The lowest BCUT2D eigenvalue weighted by Gasteiger charge is -2.07. The topological polar surface area (TPSA) is 50.7 Å². The van der Waals surface area contributed by atoms with Crippen LogP contribution in [0, 0.1) is 6.92 Å². The molecule has 4 heteroatoms. The van der Waals surface area contributed by atoms with Gasteiger partial charge in [0.15, 0.2) is 5.82 Å². The number of pyridine rings is 1. The lowest BCUT2D eigenvalue weighted by molar-refractivity contribution is 0.716. The summed E-state index contributed by atoms with van der Waals surface area (Å²) in [5.41, 5.74) is 3.16. The standard InChI is InChI=1S/C13H16N4/c1-3-14-8-12-9-16-13(17-10(12)2)11-4-6-15-7-5-11/h4-7,9,14H,3,8H2,1-2H3. The summed E-state index contributed by atoms with van der Waals surface area (Å²) < 4.78 is 0. The van der Waals surface area contributed by atoms with Crippen molar-refractivity contribution in [1.29, 1.82) is 0 Å². The third-order valence-corrected chi connectivity index (χ3v) is 2.58. The maximum absolute atomic E-state index is 4.52. The number of nitrogens with one attached hydrogen (secondary N) is 1. The minimum atomic E-state index is 0.755. The van der Waals surface area contributed by atoms with Gasteiger partial charge in [0.2, 0.25) is 0 Å². The highest BCUT2D eigenvalue weighted by Gasteiger charge is 2.04. The molecule has 0 aliphatic rings. The van der Waals surface area contributed by atoms with Crippen LogP contribution >= 0.6 is 0 Å². The quantitative estimate of drug-likeness (QED) is 0.869. The average molecular weight is 228 g/mol. The molecule has 0 amide bonds. The highest BCUT2D eigenvalue weighted by molar-refractivity contribution is 5.53. The molecule has 0 bridgehead atoms. The summed E-state index contributed by atoms with van der Waals surface area (Å²) >= 11 is 0. The zero-order valence-electron chi connectivity index (χ0n) is 10.1. The summed E-state index contributed by atoms with van der Waals surface area (Å²) in [6, 6.07) is 3.83. The molecule has 0 aliphatic carbocycles. The molecule has 0 unspecified atom stereocenters. The monoisotopic (exact) mass is 228 g/mol. The van der Waals surface area contributed by atoms with Crippen molar-refractivity contribution in [3.05, 3.63) is 42.0 Å². The van der Waals surface area contributed by atoms with Gasteiger partial charge >= 0.3 is 0 Å². The molecule has 2 heterocycles. The van der Waals surface area contributed by atoms with Crippen molar-refractivity contribution in [1.82, 2.24) is 20.3 Å². The summed E-state index contributed by atoms with van der Waals surface area (Å²) in [6.45, 7) is 5.87. The molecule has 0 saturated carbocycles. The number of hydrogen-bond acceptors (Lipinski definition) is 4. The maximum Gasteiger partial charge on any atom is 0.159 e. The van der Waals surface area contributed by atoms with Gasteiger partial charge in [0.1, 0.15) is 0 Å². The molecule has 2 rings (SSSR count). The van der Waals surface area contributed by atoms with Crippen LogP contribution in [0.25, 0.3) is 11.4 Å². The molecule has 0 atom stereocenters. The molecule has 88 valence electrons. The third kappa shape index (κ3) is 2.85. The van der Waals surface area contributed by atoms with Crippen LogP contribution in [0.1, 0.15) is 18.2 Å². The Balaban J connectivity index is 2.25. The van der Waals surface area contributed by atoms with Crippen LogP contribution in [0.2, 0.25) is 0 Å². The summed E-state index contributed by atoms with van der Waals surface area (Å²) in [6.07, 6.45) is 5.39. The van der Waals surface area contributed by atoms with Gasteiger partial charge in [-0.2, -0.15) is 0 Å². The Bertz CT molecular complexity index is 482. The van der Waals surface area contributed by atoms with Gasteiger partial charge in [0, 0.05) is 42.0 Å². The van der Waals surface area contributed by atoms with Gasteiger partial charge in [-0.05, 0) is 25.6 Å². The minimum absolute atomic E-state index is 0.755. The molecule has 2 aromatic heterocycles. The van der Waals surface area contributed by atoms with E-state index in [1.807, 2.05) is 25.3 Å². The summed E-state index contributed by atoms with van der Waals surface area (Å²) in [4.78, 5) is 12.9. The van der Waals surface area contributed by atoms with Gasteiger partial charge < -0.3 is 5.32 Å². The van der Waals surface area contributed by atoms with Gasteiger partial charge in [-0.25, -0.2) is 9.97 Å². The number of rotatable bonds is 4. The first-order valence-corrected chi connectivity index (χ1v) is 5.75. The fourth-order valence-corrected chi connectivity index (χ4v) is 1.57. The SMILES string of the molecule is CCNCc1cnc(-c2ccncc2)nc1C. The van der Waals surface area contributed by atoms with Gasteiger partial charge in [0.25, 0.3) is 0 Å². The van der Waals surface area contributed by atoms with Gasteiger partial charge in [0.05, 0.1) is 0 Å². The van der Waals surface area contributed by atoms with Crippen molar-refractivity contribution in [2.75, 3.05) is 6.54 Å². The summed E-state index contributed by atoms with van der Waals surface area (Å²) in [7, 11) is 0. The highest BCUT2D eigenvalue weighted by Crippen LogP contribution is 2.14. The second-order valence-corrected chi connectivity index (χ2v) is 3.82. The summed E-state index contributed by atoms with van der Waals surface area (Å²) in [5, 5.41) is 3.27. The van der Waals surface area contributed by atoms with E-state index in [1.54, 1.807) is 12.4 Å². The lowest BCUT2D eigenvalue weighted by Crippen LogP contribution is -2.13. The Hall–Kier alpha value is -1.81. The van der Waals surface area contributed by atoms with E-state index < -0.39 is 0 Å². The number of aryl methyl sites for hydroxylation is 1. The molecular formula is C13H16N4. The first kappa shape index (κ1) is 11.7. The predicted molar refractivity (Wildman–Crippen MR) is 67.4 cm³/mol. The van der Waals surface area contributed by atoms with Crippen LogP contribution < -0.4 is 5.32 Å².